The van der Waals surface area contributed by atoms with Gasteiger partial charge in [-0.2, -0.15) is 0 Å². The molecule has 6 nitrogen and oxygen atoms in total. The molecule has 0 aromatic heterocycles. The Balaban J connectivity index is 2.34. The lowest BCUT2D eigenvalue weighted by atomic mass is 10.0. The van der Waals surface area contributed by atoms with Gasteiger partial charge in [0.1, 0.15) is 6.04 Å². The van der Waals surface area contributed by atoms with Crippen LogP contribution < -0.4 is 11.1 Å². The minimum Gasteiger partial charge on any atom is -0.468 e. The van der Waals surface area contributed by atoms with Gasteiger partial charge in [-0.05, 0) is 19.3 Å². The van der Waals surface area contributed by atoms with Crippen LogP contribution in [0.15, 0.2) is 0 Å². The Morgan fingerprint density at radius 1 is 1.44 bits per heavy atom. The molecule has 1 fully saturated rings. The van der Waals surface area contributed by atoms with Crippen LogP contribution in [0.25, 0.3) is 0 Å². The number of hydrogen-bond acceptors (Lipinski definition) is 5. The fourth-order valence-corrected chi connectivity index (χ4v) is 2.26. The summed E-state index contributed by atoms with van der Waals surface area (Å²) in [7, 11) is 1.40. The van der Waals surface area contributed by atoms with Crippen molar-refractivity contribution >= 4 is 11.9 Å². The van der Waals surface area contributed by atoms with Crippen molar-refractivity contribution in [1.29, 1.82) is 0 Å². The Bertz CT molecular complexity index is 288. The van der Waals surface area contributed by atoms with Gasteiger partial charge < -0.3 is 15.8 Å². The SMILES string of the molecule is CCC(NC1CCN(CC(N)=O)CC1)C(=O)OC. The second kappa shape index (κ2) is 7.33. The summed E-state index contributed by atoms with van der Waals surface area (Å²) in [6.45, 7) is 3.94. The zero-order valence-corrected chi connectivity index (χ0v) is 11.1. The minimum atomic E-state index is -0.289. The summed E-state index contributed by atoms with van der Waals surface area (Å²) < 4.78 is 4.75. The highest BCUT2D eigenvalue weighted by atomic mass is 16.5. The summed E-state index contributed by atoms with van der Waals surface area (Å²) in [6, 6.07) is 0.0702. The molecule has 3 N–H and O–H groups in total. The van der Waals surface area contributed by atoms with E-state index in [0.29, 0.717) is 19.0 Å². The van der Waals surface area contributed by atoms with Gasteiger partial charge >= 0.3 is 5.97 Å². The van der Waals surface area contributed by atoms with E-state index in [-0.39, 0.29) is 17.9 Å². The quantitative estimate of drug-likeness (QED) is 0.625. The van der Waals surface area contributed by atoms with E-state index in [1.54, 1.807) is 0 Å². The Hall–Kier alpha value is -1.14. The molecule has 0 aliphatic carbocycles. The first-order valence-electron chi connectivity index (χ1n) is 6.41. The van der Waals surface area contributed by atoms with Crippen LogP contribution in [0, 0.1) is 0 Å². The molecule has 0 aromatic carbocycles. The first-order valence-corrected chi connectivity index (χ1v) is 6.41. The number of piperidine rings is 1. The van der Waals surface area contributed by atoms with E-state index >= 15 is 0 Å². The molecule has 0 saturated carbocycles. The van der Waals surface area contributed by atoms with Gasteiger partial charge in [0.15, 0.2) is 0 Å². The molecule has 1 aliphatic rings. The third kappa shape index (κ3) is 4.62. The summed E-state index contributed by atoms with van der Waals surface area (Å²) in [5.74, 6) is -0.500. The lowest BCUT2D eigenvalue weighted by Gasteiger charge is -2.33. The van der Waals surface area contributed by atoms with Gasteiger partial charge in [-0.3, -0.25) is 14.5 Å². The number of carbonyl (C=O) groups excluding carboxylic acids is 2. The summed E-state index contributed by atoms with van der Waals surface area (Å²) in [5, 5.41) is 3.31. The van der Waals surface area contributed by atoms with Crippen LogP contribution in [-0.4, -0.2) is 55.6 Å². The van der Waals surface area contributed by atoms with Gasteiger partial charge in [0, 0.05) is 19.1 Å². The monoisotopic (exact) mass is 257 g/mol. The molecule has 104 valence electrons. The van der Waals surface area contributed by atoms with Crippen LogP contribution in [0.2, 0.25) is 0 Å². The number of primary amides is 1. The molecule has 0 radical (unpaired) electrons. The highest BCUT2D eigenvalue weighted by Crippen LogP contribution is 2.11. The minimum absolute atomic E-state index is 0.211. The number of methoxy groups -OCH3 is 1. The lowest BCUT2D eigenvalue weighted by molar-refractivity contribution is -0.143. The number of ether oxygens (including phenoxy) is 1. The fourth-order valence-electron chi connectivity index (χ4n) is 2.26. The van der Waals surface area contributed by atoms with E-state index in [1.165, 1.54) is 7.11 Å². The Morgan fingerprint density at radius 3 is 2.50 bits per heavy atom. The van der Waals surface area contributed by atoms with Crippen LogP contribution >= 0.6 is 0 Å². The maximum absolute atomic E-state index is 11.5. The molecule has 0 aromatic rings. The van der Waals surface area contributed by atoms with Crippen LogP contribution in [0.1, 0.15) is 26.2 Å². The number of hydrogen-bond donors (Lipinski definition) is 2. The molecule has 0 spiro atoms. The first-order chi connectivity index (χ1) is 8.56. The van der Waals surface area contributed by atoms with E-state index in [9.17, 15) is 9.59 Å². The molecule has 0 bridgehead atoms. The normalized spacial score (nSPS) is 19.4. The average Bonchev–Trinajstić information content (AvgIpc) is 2.36. The van der Waals surface area contributed by atoms with Crippen molar-refractivity contribution in [3.05, 3.63) is 0 Å². The molecule has 1 amide bonds. The number of likely N-dealkylation sites (tertiary alicyclic amines) is 1. The van der Waals surface area contributed by atoms with Crippen LogP contribution in [-0.2, 0) is 14.3 Å². The molecular weight excluding hydrogens is 234 g/mol. The van der Waals surface area contributed by atoms with E-state index in [4.69, 9.17) is 10.5 Å². The molecule has 1 rings (SSSR count). The number of rotatable bonds is 6. The summed E-state index contributed by atoms with van der Waals surface area (Å²) in [4.78, 5) is 24.3. The number of nitrogens with two attached hydrogens (primary N) is 1. The highest BCUT2D eigenvalue weighted by Gasteiger charge is 2.25. The van der Waals surface area contributed by atoms with E-state index in [0.717, 1.165) is 25.9 Å². The van der Waals surface area contributed by atoms with Gasteiger partial charge in [-0.25, -0.2) is 0 Å². The molecule has 1 saturated heterocycles. The van der Waals surface area contributed by atoms with Crippen molar-refractivity contribution in [3.8, 4) is 0 Å². The molecule has 6 heteroatoms. The molecular formula is C12H23N3O3. The number of amides is 1. The maximum Gasteiger partial charge on any atom is 0.322 e. The molecule has 1 heterocycles. The van der Waals surface area contributed by atoms with Gasteiger partial charge in [0.05, 0.1) is 13.7 Å². The number of carbonyl (C=O) groups is 2. The molecule has 1 atom stereocenters. The summed E-state index contributed by atoms with van der Waals surface area (Å²) in [5.41, 5.74) is 5.16. The van der Waals surface area contributed by atoms with E-state index in [2.05, 4.69) is 5.32 Å². The average molecular weight is 257 g/mol. The van der Waals surface area contributed by atoms with Crippen molar-refractivity contribution in [2.45, 2.75) is 38.3 Å². The predicted molar refractivity (Wildman–Crippen MR) is 67.9 cm³/mol. The van der Waals surface area contributed by atoms with Gasteiger partial charge in [0.2, 0.25) is 5.91 Å². The first kappa shape index (κ1) is 14.9. The van der Waals surface area contributed by atoms with E-state index < -0.39 is 0 Å². The Labute approximate surface area is 108 Å². The van der Waals surface area contributed by atoms with Crippen molar-refractivity contribution in [1.82, 2.24) is 10.2 Å². The predicted octanol–water partition coefficient (Wildman–Crippen LogP) is -0.523. The topological polar surface area (TPSA) is 84.7 Å². The van der Waals surface area contributed by atoms with Gasteiger partial charge in [-0.15, -0.1) is 0 Å². The van der Waals surface area contributed by atoms with Crippen LogP contribution in [0.4, 0.5) is 0 Å². The smallest absolute Gasteiger partial charge is 0.322 e. The number of esters is 1. The van der Waals surface area contributed by atoms with Gasteiger partial charge in [-0.1, -0.05) is 6.92 Å². The van der Waals surface area contributed by atoms with Crippen molar-refractivity contribution < 1.29 is 14.3 Å². The van der Waals surface area contributed by atoms with Crippen molar-refractivity contribution in [2.75, 3.05) is 26.7 Å². The highest BCUT2D eigenvalue weighted by molar-refractivity contribution is 5.76. The summed E-state index contributed by atoms with van der Waals surface area (Å²) >= 11 is 0. The molecule has 18 heavy (non-hydrogen) atoms. The number of nitrogens with zero attached hydrogens (tertiary/aromatic N) is 1. The van der Waals surface area contributed by atoms with Crippen LogP contribution in [0.3, 0.4) is 0 Å². The lowest BCUT2D eigenvalue weighted by Crippen LogP contribution is -2.50. The van der Waals surface area contributed by atoms with Crippen LogP contribution in [0.5, 0.6) is 0 Å². The largest absolute Gasteiger partial charge is 0.468 e. The standard InChI is InChI=1S/C12H23N3O3/c1-3-10(12(17)18-2)14-9-4-6-15(7-5-9)8-11(13)16/h9-10,14H,3-8H2,1-2H3,(H2,13,16). The summed E-state index contributed by atoms with van der Waals surface area (Å²) in [6.07, 6.45) is 2.55. The molecule has 1 unspecified atom stereocenters. The third-order valence-electron chi connectivity index (χ3n) is 3.30. The fraction of sp³-hybridized carbons (Fsp3) is 0.833. The van der Waals surface area contributed by atoms with E-state index in [1.807, 2.05) is 11.8 Å². The van der Waals surface area contributed by atoms with Crippen molar-refractivity contribution in [3.63, 3.8) is 0 Å². The third-order valence-corrected chi connectivity index (χ3v) is 3.30. The van der Waals surface area contributed by atoms with Gasteiger partial charge in [0.25, 0.3) is 0 Å². The Kier molecular flexibility index (Phi) is 6.07. The maximum atomic E-state index is 11.5. The zero-order valence-electron chi connectivity index (χ0n) is 11.1. The zero-order chi connectivity index (χ0) is 13.5. The second-order valence-corrected chi connectivity index (χ2v) is 4.67. The number of nitrogens with one attached hydrogen (secondary N) is 1. The second-order valence-electron chi connectivity index (χ2n) is 4.67. The Morgan fingerprint density at radius 2 is 2.06 bits per heavy atom. The molecule has 1 aliphatic heterocycles. The van der Waals surface area contributed by atoms with Crippen molar-refractivity contribution in [2.24, 2.45) is 5.73 Å².